The van der Waals surface area contributed by atoms with Crippen LogP contribution < -0.4 is 5.73 Å². The number of rotatable bonds is 7. The number of aromatic nitrogens is 6. The molecule has 1 aliphatic rings. The van der Waals surface area contributed by atoms with Gasteiger partial charge in [-0.1, -0.05) is 11.3 Å². The van der Waals surface area contributed by atoms with E-state index in [9.17, 15) is 0 Å². The van der Waals surface area contributed by atoms with E-state index in [1.807, 2.05) is 37.3 Å². The Morgan fingerprint density at radius 1 is 1.16 bits per heavy atom. The summed E-state index contributed by atoms with van der Waals surface area (Å²) in [4.78, 5) is 13.3. The minimum atomic E-state index is 0.129. The van der Waals surface area contributed by atoms with Crippen molar-refractivity contribution in [3.05, 3.63) is 47.5 Å². The van der Waals surface area contributed by atoms with E-state index in [1.54, 1.807) is 4.68 Å². The highest BCUT2D eigenvalue weighted by Gasteiger charge is 2.18. The Morgan fingerprint density at radius 2 is 2.06 bits per heavy atom. The largest absolute Gasteiger partial charge is 0.460 e. The number of pyridine rings is 1. The fourth-order valence-corrected chi connectivity index (χ4v) is 3.63. The van der Waals surface area contributed by atoms with Gasteiger partial charge in [-0.3, -0.25) is 4.98 Å². The number of hydrogen-bond donors (Lipinski definition) is 1. The van der Waals surface area contributed by atoms with E-state index < -0.39 is 0 Å². The first-order valence-corrected chi connectivity index (χ1v) is 10.2. The fraction of sp³-hybridized carbons (Fsp3) is 0.381. The van der Waals surface area contributed by atoms with Gasteiger partial charge in [0.05, 0.1) is 37.3 Å². The number of aryl methyl sites for hydroxylation is 1. The third-order valence-electron chi connectivity index (χ3n) is 5.11. The Bertz CT molecular complexity index is 1200. The molecule has 0 aromatic carbocycles. The highest BCUT2D eigenvalue weighted by molar-refractivity contribution is 5.86. The molecule has 1 aliphatic heterocycles. The highest BCUT2D eigenvalue weighted by Crippen LogP contribution is 2.27. The van der Waals surface area contributed by atoms with E-state index in [0.717, 1.165) is 36.6 Å². The molecule has 0 amide bonds. The molecule has 0 spiro atoms. The molecule has 0 aliphatic carbocycles. The Hall–Kier alpha value is -3.37. The van der Waals surface area contributed by atoms with E-state index in [4.69, 9.17) is 19.6 Å². The van der Waals surface area contributed by atoms with Crippen LogP contribution in [-0.4, -0.2) is 49.3 Å². The summed E-state index contributed by atoms with van der Waals surface area (Å²) in [6.07, 6.45) is 2.35. The summed E-state index contributed by atoms with van der Waals surface area (Å²) in [6.45, 7) is 4.10. The van der Waals surface area contributed by atoms with Gasteiger partial charge in [0.2, 0.25) is 5.95 Å². The van der Waals surface area contributed by atoms with Crippen LogP contribution in [0.25, 0.3) is 22.6 Å². The maximum atomic E-state index is 5.95. The van der Waals surface area contributed by atoms with Crippen LogP contribution in [0.3, 0.4) is 0 Å². The average Bonchev–Trinajstić information content (AvgIpc) is 3.50. The van der Waals surface area contributed by atoms with Crippen LogP contribution in [0.5, 0.6) is 0 Å². The summed E-state index contributed by atoms with van der Waals surface area (Å²) < 4.78 is 18.7. The Labute approximate surface area is 178 Å². The van der Waals surface area contributed by atoms with Crippen LogP contribution in [-0.2, 0) is 22.6 Å². The molecule has 10 nitrogen and oxygen atoms in total. The molecule has 5 heterocycles. The quantitative estimate of drug-likeness (QED) is 0.479. The van der Waals surface area contributed by atoms with Crippen LogP contribution >= 0.6 is 0 Å². The number of nitrogen functional groups attached to an aromatic ring is 1. The van der Waals surface area contributed by atoms with Gasteiger partial charge >= 0.3 is 0 Å². The predicted octanol–water partition coefficient (Wildman–Crippen LogP) is 2.51. The van der Waals surface area contributed by atoms with Crippen molar-refractivity contribution in [2.75, 3.05) is 18.9 Å². The first-order valence-electron chi connectivity index (χ1n) is 10.2. The van der Waals surface area contributed by atoms with Gasteiger partial charge < -0.3 is 19.6 Å². The maximum Gasteiger partial charge on any atom is 0.222 e. The molecule has 0 radical (unpaired) electrons. The Kier molecular flexibility index (Phi) is 5.31. The minimum absolute atomic E-state index is 0.129. The molecule has 1 unspecified atom stereocenters. The summed E-state index contributed by atoms with van der Waals surface area (Å²) in [5.74, 6) is 1.48. The Morgan fingerprint density at radius 3 is 2.87 bits per heavy atom. The van der Waals surface area contributed by atoms with Crippen molar-refractivity contribution < 1.29 is 13.9 Å². The van der Waals surface area contributed by atoms with E-state index >= 15 is 0 Å². The zero-order valence-corrected chi connectivity index (χ0v) is 17.2. The average molecular weight is 421 g/mol. The van der Waals surface area contributed by atoms with Gasteiger partial charge in [0.15, 0.2) is 16.9 Å². The van der Waals surface area contributed by atoms with Gasteiger partial charge in [-0.25, -0.2) is 9.67 Å². The molecular formula is C21H23N7O3. The first-order chi connectivity index (χ1) is 15.2. The summed E-state index contributed by atoms with van der Waals surface area (Å²) in [6, 6.07) is 9.51. The second-order valence-corrected chi connectivity index (χ2v) is 7.53. The van der Waals surface area contributed by atoms with Gasteiger partial charge in [0.1, 0.15) is 11.5 Å². The van der Waals surface area contributed by atoms with Crippen molar-refractivity contribution in [1.82, 2.24) is 29.9 Å². The molecule has 5 rings (SSSR count). The topological polar surface area (TPSA) is 127 Å². The SMILES string of the molecule is Cc1ccc(-c2nc(N)nc3c2nnn3Cc2cccc(COCC3CCCO3)n2)o1. The monoisotopic (exact) mass is 421 g/mol. The zero-order chi connectivity index (χ0) is 21.2. The summed E-state index contributed by atoms with van der Waals surface area (Å²) >= 11 is 0. The number of nitrogens with zero attached hydrogens (tertiary/aromatic N) is 6. The lowest BCUT2D eigenvalue weighted by Crippen LogP contribution is -2.14. The van der Waals surface area contributed by atoms with Gasteiger partial charge in [-0.05, 0) is 44.0 Å². The minimum Gasteiger partial charge on any atom is -0.460 e. The normalized spacial score (nSPS) is 16.4. The van der Waals surface area contributed by atoms with E-state index in [-0.39, 0.29) is 12.1 Å². The number of furan rings is 1. The summed E-state index contributed by atoms with van der Waals surface area (Å²) in [5, 5.41) is 8.51. The van der Waals surface area contributed by atoms with E-state index in [0.29, 0.717) is 42.4 Å². The van der Waals surface area contributed by atoms with Crippen LogP contribution in [0.1, 0.15) is 30.0 Å². The van der Waals surface area contributed by atoms with Crippen molar-refractivity contribution in [2.45, 2.75) is 39.0 Å². The number of hydrogen-bond acceptors (Lipinski definition) is 9. The molecule has 2 N–H and O–H groups in total. The molecule has 0 saturated carbocycles. The smallest absolute Gasteiger partial charge is 0.222 e. The first kappa shape index (κ1) is 19.6. The molecule has 31 heavy (non-hydrogen) atoms. The van der Waals surface area contributed by atoms with Gasteiger partial charge in [-0.2, -0.15) is 4.98 Å². The molecule has 1 atom stereocenters. The number of ether oxygens (including phenoxy) is 2. The molecule has 1 fully saturated rings. The van der Waals surface area contributed by atoms with Crippen LogP contribution in [0.4, 0.5) is 5.95 Å². The lowest BCUT2D eigenvalue weighted by molar-refractivity contribution is 0.00961. The molecular weight excluding hydrogens is 398 g/mol. The van der Waals surface area contributed by atoms with Crippen molar-refractivity contribution in [2.24, 2.45) is 0 Å². The van der Waals surface area contributed by atoms with E-state index in [1.165, 1.54) is 0 Å². The van der Waals surface area contributed by atoms with Crippen molar-refractivity contribution in [3.8, 4) is 11.5 Å². The summed E-state index contributed by atoms with van der Waals surface area (Å²) in [7, 11) is 0. The highest BCUT2D eigenvalue weighted by atomic mass is 16.5. The van der Waals surface area contributed by atoms with Gasteiger partial charge in [-0.15, -0.1) is 5.10 Å². The summed E-state index contributed by atoms with van der Waals surface area (Å²) in [5.41, 5.74) is 9.18. The Balaban J connectivity index is 1.35. The second-order valence-electron chi connectivity index (χ2n) is 7.53. The zero-order valence-electron chi connectivity index (χ0n) is 17.2. The molecule has 4 aromatic heterocycles. The molecule has 10 heteroatoms. The lowest BCUT2D eigenvalue weighted by Gasteiger charge is -2.10. The number of nitrogens with two attached hydrogens (primary N) is 1. The van der Waals surface area contributed by atoms with Gasteiger partial charge in [0.25, 0.3) is 0 Å². The number of fused-ring (bicyclic) bond motifs is 1. The second kappa shape index (κ2) is 8.40. The lowest BCUT2D eigenvalue weighted by atomic mass is 10.2. The van der Waals surface area contributed by atoms with Crippen molar-refractivity contribution >= 4 is 17.1 Å². The maximum absolute atomic E-state index is 5.95. The van der Waals surface area contributed by atoms with Crippen LogP contribution in [0.15, 0.2) is 34.7 Å². The van der Waals surface area contributed by atoms with Crippen LogP contribution in [0.2, 0.25) is 0 Å². The third kappa shape index (κ3) is 4.25. The fourth-order valence-electron chi connectivity index (χ4n) is 3.63. The van der Waals surface area contributed by atoms with E-state index in [2.05, 4.69) is 25.3 Å². The predicted molar refractivity (Wildman–Crippen MR) is 112 cm³/mol. The third-order valence-corrected chi connectivity index (χ3v) is 5.11. The van der Waals surface area contributed by atoms with Crippen LogP contribution in [0, 0.1) is 6.92 Å². The van der Waals surface area contributed by atoms with Crippen molar-refractivity contribution in [3.63, 3.8) is 0 Å². The number of anilines is 1. The molecule has 1 saturated heterocycles. The molecule has 160 valence electrons. The van der Waals surface area contributed by atoms with Gasteiger partial charge in [0, 0.05) is 6.61 Å². The molecule has 4 aromatic rings. The van der Waals surface area contributed by atoms with Crippen molar-refractivity contribution in [1.29, 1.82) is 0 Å². The standard InChI is InChI=1S/C21H23N7O3/c1-13-7-8-17(31-13)18-19-20(25-21(22)24-18)28(27-26-19)10-14-4-2-5-15(23-14)11-29-12-16-6-3-9-30-16/h2,4-5,7-8,16H,3,6,9-12H2,1H3,(H2,22,24,25). The molecule has 0 bridgehead atoms.